The van der Waals surface area contributed by atoms with E-state index in [2.05, 4.69) is 32.9 Å². The second-order valence-corrected chi connectivity index (χ2v) is 9.71. The van der Waals surface area contributed by atoms with Gasteiger partial charge in [0.2, 0.25) is 0 Å². The number of methoxy groups -OCH3 is 1. The van der Waals surface area contributed by atoms with Crippen LogP contribution in [0.4, 0.5) is 5.82 Å². The zero-order chi connectivity index (χ0) is 25.5. The highest BCUT2D eigenvalue weighted by molar-refractivity contribution is 5.97. The van der Waals surface area contributed by atoms with Crippen LogP contribution < -0.4 is 4.90 Å². The molecule has 0 saturated heterocycles. The van der Waals surface area contributed by atoms with Gasteiger partial charge in [0.15, 0.2) is 5.65 Å². The lowest BCUT2D eigenvalue weighted by Crippen LogP contribution is -2.29. The molecule has 0 unspecified atom stereocenters. The van der Waals surface area contributed by atoms with Gasteiger partial charge in [-0.25, -0.2) is 14.8 Å². The third-order valence-electron chi connectivity index (χ3n) is 7.21. The summed E-state index contributed by atoms with van der Waals surface area (Å²) >= 11 is 0. The quantitative estimate of drug-likeness (QED) is 0.333. The first-order valence-corrected chi connectivity index (χ1v) is 12.4. The standard InChI is InChI=1S/C28H28N6O3/c1-32(15-18-7-4-3-5-8-18)25-13-24(31-27-22(28(35)36)14-30-34(25)27)23-16-33(20-11-19(12-20)17-37-2)26-21(23)9-6-10-29-26/h3-10,13-14,16,19-20H,11-12,15,17H2,1-2H3,(H,35,36). The van der Waals surface area contributed by atoms with Crippen LogP contribution >= 0.6 is 0 Å². The molecule has 1 saturated carbocycles. The Morgan fingerprint density at radius 3 is 2.73 bits per heavy atom. The molecule has 188 valence electrons. The summed E-state index contributed by atoms with van der Waals surface area (Å²) < 4.78 is 9.18. The number of carbonyl (C=O) groups is 1. The Kier molecular flexibility index (Phi) is 5.84. The predicted molar refractivity (Wildman–Crippen MR) is 141 cm³/mol. The lowest BCUT2D eigenvalue weighted by molar-refractivity contribution is 0.0698. The summed E-state index contributed by atoms with van der Waals surface area (Å²) in [5.41, 5.74) is 4.04. The lowest BCUT2D eigenvalue weighted by Gasteiger charge is -2.36. The van der Waals surface area contributed by atoms with Crippen LogP contribution in [0, 0.1) is 5.92 Å². The third kappa shape index (κ3) is 4.11. The summed E-state index contributed by atoms with van der Waals surface area (Å²) in [4.78, 5) is 23.6. The van der Waals surface area contributed by atoms with E-state index in [0.717, 1.165) is 47.4 Å². The van der Waals surface area contributed by atoms with Gasteiger partial charge in [0.05, 0.1) is 11.9 Å². The first-order chi connectivity index (χ1) is 18.0. The van der Waals surface area contributed by atoms with Gasteiger partial charge in [-0.05, 0) is 36.5 Å². The number of nitrogens with zero attached hydrogens (tertiary/aromatic N) is 6. The normalized spacial score (nSPS) is 17.2. The summed E-state index contributed by atoms with van der Waals surface area (Å²) in [6.07, 6.45) is 7.36. The molecule has 5 aromatic rings. The number of benzene rings is 1. The number of pyridine rings is 1. The van der Waals surface area contributed by atoms with Crippen molar-refractivity contribution in [3.8, 4) is 11.3 Å². The number of carboxylic acids is 1. The van der Waals surface area contributed by atoms with Crippen molar-refractivity contribution >= 4 is 28.5 Å². The zero-order valence-corrected chi connectivity index (χ0v) is 20.8. The summed E-state index contributed by atoms with van der Waals surface area (Å²) in [7, 11) is 3.72. The second kappa shape index (κ2) is 9.33. The minimum absolute atomic E-state index is 0.0690. The summed E-state index contributed by atoms with van der Waals surface area (Å²) in [6.45, 7) is 1.40. The molecule has 37 heavy (non-hydrogen) atoms. The topological polar surface area (TPSA) is 97.8 Å². The molecule has 4 heterocycles. The van der Waals surface area contributed by atoms with Crippen molar-refractivity contribution in [2.75, 3.05) is 25.7 Å². The van der Waals surface area contributed by atoms with Crippen molar-refractivity contribution in [1.82, 2.24) is 24.1 Å². The molecule has 0 amide bonds. The number of anilines is 1. The van der Waals surface area contributed by atoms with Crippen LogP contribution in [0.15, 0.2) is 67.1 Å². The molecule has 9 heteroatoms. The van der Waals surface area contributed by atoms with E-state index in [4.69, 9.17) is 14.7 Å². The van der Waals surface area contributed by atoms with Crippen molar-refractivity contribution in [3.05, 3.63) is 78.2 Å². The van der Waals surface area contributed by atoms with Gasteiger partial charge in [0, 0.05) is 62.8 Å². The van der Waals surface area contributed by atoms with Crippen molar-refractivity contribution in [1.29, 1.82) is 0 Å². The van der Waals surface area contributed by atoms with E-state index in [0.29, 0.717) is 29.8 Å². The number of fused-ring (bicyclic) bond motifs is 2. The first kappa shape index (κ1) is 23.2. The number of ether oxygens (including phenoxy) is 1. The highest BCUT2D eigenvalue weighted by atomic mass is 16.5. The fraction of sp³-hybridized carbons (Fsp3) is 0.286. The maximum absolute atomic E-state index is 12.0. The minimum Gasteiger partial charge on any atom is -0.477 e. The van der Waals surface area contributed by atoms with Gasteiger partial charge >= 0.3 is 5.97 Å². The monoisotopic (exact) mass is 496 g/mol. The minimum atomic E-state index is -1.06. The van der Waals surface area contributed by atoms with Gasteiger partial charge in [-0.1, -0.05) is 30.3 Å². The molecule has 1 fully saturated rings. The van der Waals surface area contributed by atoms with E-state index in [1.54, 1.807) is 11.6 Å². The van der Waals surface area contributed by atoms with E-state index >= 15 is 0 Å². The van der Waals surface area contributed by atoms with Gasteiger partial charge in [-0.3, -0.25) is 0 Å². The summed E-state index contributed by atoms with van der Waals surface area (Å²) in [5, 5.41) is 15.2. The molecular formula is C28H28N6O3. The van der Waals surface area contributed by atoms with Crippen molar-refractivity contribution in [2.45, 2.75) is 25.4 Å². The van der Waals surface area contributed by atoms with E-state index in [9.17, 15) is 9.90 Å². The fourth-order valence-corrected chi connectivity index (χ4v) is 5.31. The Balaban J connectivity index is 1.48. The smallest absolute Gasteiger partial charge is 0.341 e. The number of hydrogen-bond donors (Lipinski definition) is 1. The molecule has 4 aromatic heterocycles. The Morgan fingerprint density at radius 2 is 1.97 bits per heavy atom. The van der Waals surface area contributed by atoms with Crippen LogP contribution in [0.5, 0.6) is 0 Å². The maximum Gasteiger partial charge on any atom is 0.341 e. The first-order valence-electron chi connectivity index (χ1n) is 12.4. The third-order valence-corrected chi connectivity index (χ3v) is 7.21. The predicted octanol–water partition coefficient (Wildman–Crippen LogP) is 4.68. The van der Waals surface area contributed by atoms with Crippen LogP contribution in [0.1, 0.15) is 34.8 Å². The van der Waals surface area contributed by atoms with Crippen molar-refractivity contribution < 1.29 is 14.6 Å². The van der Waals surface area contributed by atoms with Crippen molar-refractivity contribution in [3.63, 3.8) is 0 Å². The molecule has 0 atom stereocenters. The van der Waals surface area contributed by atoms with Crippen LogP contribution in [0.25, 0.3) is 27.9 Å². The Labute approximate surface area is 213 Å². The molecule has 1 aliphatic carbocycles. The average Bonchev–Trinajstić information content (AvgIpc) is 3.48. The number of hydrogen-bond acceptors (Lipinski definition) is 6. The Hall–Kier alpha value is -4.24. The number of aromatic nitrogens is 5. The number of aromatic carboxylic acids is 1. The molecule has 1 aromatic carbocycles. The molecular weight excluding hydrogens is 468 g/mol. The SMILES string of the molecule is COCC1CC(n2cc(-c3cc(N(C)Cc4ccccc4)n4ncc(C(=O)O)c4n3)c3cccnc32)C1. The highest BCUT2D eigenvalue weighted by Crippen LogP contribution is 2.42. The molecule has 1 aliphatic rings. The maximum atomic E-state index is 12.0. The zero-order valence-electron chi connectivity index (χ0n) is 20.8. The number of carboxylic acid groups (broad SMARTS) is 1. The average molecular weight is 497 g/mol. The van der Waals surface area contributed by atoms with Gasteiger partial charge in [-0.2, -0.15) is 9.61 Å². The Morgan fingerprint density at radius 1 is 1.16 bits per heavy atom. The van der Waals surface area contributed by atoms with Gasteiger partial charge in [0.25, 0.3) is 0 Å². The molecule has 9 nitrogen and oxygen atoms in total. The van der Waals surface area contributed by atoms with E-state index in [1.165, 1.54) is 6.20 Å². The molecule has 0 aliphatic heterocycles. The number of rotatable bonds is 8. The van der Waals surface area contributed by atoms with Crippen LogP contribution in [-0.4, -0.2) is 56.0 Å². The van der Waals surface area contributed by atoms with Crippen LogP contribution in [0.2, 0.25) is 0 Å². The molecule has 6 rings (SSSR count). The molecule has 1 N–H and O–H groups in total. The summed E-state index contributed by atoms with van der Waals surface area (Å²) in [5.74, 6) is 0.251. The largest absolute Gasteiger partial charge is 0.477 e. The highest BCUT2D eigenvalue weighted by Gasteiger charge is 2.32. The Bertz CT molecular complexity index is 1590. The van der Waals surface area contributed by atoms with E-state index in [1.807, 2.05) is 49.6 Å². The fourth-order valence-electron chi connectivity index (χ4n) is 5.31. The van der Waals surface area contributed by atoms with Gasteiger partial charge < -0.3 is 19.3 Å². The molecule has 0 bridgehead atoms. The summed E-state index contributed by atoms with van der Waals surface area (Å²) in [6, 6.07) is 16.4. The van der Waals surface area contributed by atoms with Gasteiger partial charge in [0.1, 0.15) is 17.0 Å². The van der Waals surface area contributed by atoms with Crippen LogP contribution in [-0.2, 0) is 11.3 Å². The molecule has 0 spiro atoms. The lowest BCUT2D eigenvalue weighted by atomic mass is 9.80. The molecule has 0 radical (unpaired) electrons. The van der Waals surface area contributed by atoms with E-state index in [-0.39, 0.29) is 5.56 Å². The van der Waals surface area contributed by atoms with Crippen LogP contribution in [0.3, 0.4) is 0 Å². The van der Waals surface area contributed by atoms with E-state index < -0.39 is 5.97 Å². The van der Waals surface area contributed by atoms with Gasteiger partial charge in [-0.15, -0.1) is 0 Å². The van der Waals surface area contributed by atoms with Crippen molar-refractivity contribution in [2.24, 2.45) is 5.92 Å². The second-order valence-electron chi connectivity index (χ2n) is 9.71.